The van der Waals surface area contributed by atoms with E-state index in [1.165, 1.54) is 12.8 Å². The first-order valence-corrected chi connectivity index (χ1v) is 9.07. The van der Waals surface area contributed by atoms with Crippen LogP contribution in [-0.2, 0) is 11.2 Å². The zero-order valence-electron chi connectivity index (χ0n) is 15.6. The SMILES string of the molecule is CCNC(=NCCc1ccc(OC)cc1O)N(C)CCOCC1CC1. The number of benzene rings is 1. The van der Waals surface area contributed by atoms with Crippen molar-refractivity contribution in [2.24, 2.45) is 10.9 Å². The third kappa shape index (κ3) is 6.82. The molecule has 2 N–H and O–H groups in total. The standard InChI is InChI=1S/C19H31N3O3/c1-4-20-19(22(2)11-12-25-14-15-5-6-15)21-10-9-16-7-8-17(24-3)13-18(16)23/h7-8,13,15,23H,4-6,9-12,14H2,1-3H3,(H,20,21). The molecule has 0 atom stereocenters. The fourth-order valence-corrected chi connectivity index (χ4v) is 2.48. The van der Waals surface area contributed by atoms with Crippen molar-refractivity contribution >= 4 is 5.96 Å². The Morgan fingerprint density at radius 2 is 2.20 bits per heavy atom. The average molecular weight is 349 g/mol. The number of phenols is 1. The van der Waals surface area contributed by atoms with Crippen molar-refractivity contribution < 1.29 is 14.6 Å². The molecule has 25 heavy (non-hydrogen) atoms. The predicted octanol–water partition coefficient (Wildman–Crippen LogP) is 2.27. The highest BCUT2D eigenvalue weighted by Crippen LogP contribution is 2.28. The van der Waals surface area contributed by atoms with Crippen molar-refractivity contribution in [3.63, 3.8) is 0 Å². The van der Waals surface area contributed by atoms with E-state index in [-0.39, 0.29) is 5.75 Å². The Labute approximate surface area is 150 Å². The molecule has 0 heterocycles. The van der Waals surface area contributed by atoms with Crippen LogP contribution < -0.4 is 10.1 Å². The zero-order chi connectivity index (χ0) is 18.1. The second-order valence-electron chi connectivity index (χ2n) is 6.42. The van der Waals surface area contributed by atoms with Crippen molar-refractivity contribution in [2.75, 3.05) is 47.0 Å². The summed E-state index contributed by atoms with van der Waals surface area (Å²) in [5.74, 6) is 2.57. The third-order valence-electron chi connectivity index (χ3n) is 4.25. The number of guanidine groups is 1. The van der Waals surface area contributed by atoms with Crippen LogP contribution in [-0.4, -0.2) is 63.0 Å². The lowest BCUT2D eigenvalue weighted by Crippen LogP contribution is -2.40. The maximum absolute atomic E-state index is 10.0. The van der Waals surface area contributed by atoms with Gasteiger partial charge >= 0.3 is 0 Å². The summed E-state index contributed by atoms with van der Waals surface area (Å²) in [4.78, 5) is 6.74. The van der Waals surface area contributed by atoms with E-state index in [9.17, 15) is 5.11 Å². The Balaban J connectivity index is 1.80. The molecule has 140 valence electrons. The van der Waals surface area contributed by atoms with E-state index in [1.807, 2.05) is 19.2 Å². The van der Waals surface area contributed by atoms with Crippen molar-refractivity contribution in [3.8, 4) is 11.5 Å². The number of aromatic hydroxyl groups is 1. The topological polar surface area (TPSA) is 66.3 Å². The summed E-state index contributed by atoms with van der Waals surface area (Å²) in [5.41, 5.74) is 0.871. The molecule has 1 aromatic carbocycles. The Hall–Kier alpha value is -1.95. The van der Waals surface area contributed by atoms with Crippen LogP contribution in [0, 0.1) is 5.92 Å². The van der Waals surface area contributed by atoms with Gasteiger partial charge in [-0.25, -0.2) is 0 Å². The number of aliphatic imine (C=N–C) groups is 1. The number of ether oxygens (including phenoxy) is 2. The van der Waals surface area contributed by atoms with Crippen LogP contribution in [0.4, 0.5) is 0 Å². The molecule has 2 rings (SSSR count). The average Bonchev–Trinajstić information content (AvgIpc) is 3.43. The number of hydrogen-bond donors (Lipinski definition) is 2. The first-order chi connectivity index (χ1) is 12.1. The van der Waals surface area contributed by atoms with Crippen LogP contribution in [0.15, 0.2) is 23.2 Å². The summed E-state index contributed by atoms with van der Waals surface area (Å²) < 4.78 is 10.8. The lowest BCUT2D eigenvalue weighted by atomic mass is 10.1. The molecule has 6 heteroatoms. The molecule has 0 aromatic heterocycles. The maximum atomic E-state index is 10.0. The highest BCUT2D eigenvalue weighted by molar-refractivity contribution is 5.79. The molecule has 1 aliphatic rings. The molecule has 1 saturated carbocycles. The maximum Gasteiger partial charge on any atom is 0.193 e. The van der Waals surface area contributed by atoms with Gasteiger partial charge in [-0.3, -0.25) is 4.99 Å². The Kier molecular flexibility index (Phi) is 7.85. The number of methoxy groups -OCH3 is 1. The van der Waals surface area contributed by atoms with Gasteiger partial charge in [-0.1, -0.05) is 6.07 Å². The van der Waals surface area contributed by atoms with Gasteiger partial charge in [-0.15, -0.1) is 0 Å². The fourth-order valence-electron chi connectivity index (χ4n) is 2.48. The minimum atomic E-state index is 0.251. The molecule has 1 aromatic rings. The summed E-state index contributed by atoms with van der Waals surface area (Å²) in [7, 11) is 3.61. The van der Waals surface area contributed by atoms with E-state index < -0.39 is 0 Å². The van der Waals surface area contributed by atoms with Crippen LogP contribution >= 0.6 is 0 Å². The van der Waals surface area contributed by atoms with E-state index in [4.69, 9.17) is 9.47 Å². The number of likely N-dealkylation sites (N-methyl/N-ethyl adjacent to an activating group) is 1. The lowest BCUT2D eigenvalue weighted by Gasteiger charge is -2.22. The molecular weight excluding hydrogens is 318 g/mol. The second-order valence-corrected chi connectivity index (χ2v) is 6.42. The van der Waals surface area contributed by atoms with Crippen LogP contribution in [0.5, 0.6) is 11.5 Å². The number of rotatable bonds is 10. The van der Waals surface area contributed by atoms with Crippen LogP contribution in [0.2, 0.25) is 0 Å². The van der Waals surface area contributed by atoms with E-state index in [0.29, 0.717) is 18.7 Å². The highest BCUT2D eigenvalue weighted by Gasteiger charge is 2.21. The van der Waals surface area contributed by atoms with Gasteiger partial charge < -0.3 is 24.8 Å². The molecule has 0 bridgehead atoms. The molecule has 0 radical (unpaired) electrons. The predicted molar refractivity (Wildman–Crippen MR) is 101 cm³/mol. The van der Waals surface area contributed by atoms with Gasteiger partial charge in [0, 0.05) is 39.4 Å². The normalized spacial score (nSPS) is 14.4. The smallest absolute Gasteiger partial charge is 0.193 e. The summed E-state index contributed by atoms with van der Waals surface area (Å²) in [6, 6.07) is 5.37. The molecule has 0 amide bonds. The van der Waals surface area contributed by atoms with Crippen LogP contribution in [0.3, 0.4) is 0 Å². The summed E-state index contributed by atoms with van der Waals surface area (Å²) in [6.07, 6.45) is 3.31. The zero-order valence-corrected chi connectivity index (χ0v) is 15.6. The Morgan fingerprint density at radius 1 is 1.40 bits per heavy atom. The first-order valence-electron chi connectivity index (χ1n) is 9.07. The second kappa shape index (κ2) is 10.1. The van der Waals surface area contributed by atoms with Gasteiger partial charge in [-0.05, 0) is 43.7 Å². The largest absolute Gasteiger partial charge is 0.508 e. The molecule has 0 unspecified atom stereocenters. The van der Waals surface area contributed by atoms with Crippen molar-refractivity contribution in [2.45, 2.75) is 26.2 Å². The fraction of sp³-hybridized carbons (Fsp3) is 0.632. The Morgan fingerprint density at radius 3 is 2.84 bits per heavy atom. The molecule has 1 aliphatic carbocycles. The van der Waals surface area contributed by atoms with Gasteiger partial charge in [-0.2, -0.15) is 0 Å². The van der Waals surface area contributed by atoms with Gasteiger partial charge in [0.05, 0.1) is 13.7 Å². The van der Waals surface area contributed by atoms with E-state index in [0.717, 1.165) is 43.7 Å². The van der Waals surface area contributed by atoms with Gasteiger partial charge in [0.15, 0.2) is 5.96 Å². The minimum absolute atomic E-state index is 0.251. The molecule has 0 saturated heterocycles. The van der Waals surface area contributed by atoms with Gasteiger partial charge in [0.1, 0.15) is 11.5 Å². The summed E-state index contributed by atoms with van der Waals surface area (Å²) in [6.45, 7) is 5.90. The van der Waals surface area contributed by atoms with E-state index in [1.54, 1.807) is 13.2 Å². The molecular formula is C19H31N3O3. The molecule has 1 fully saturated rings. The minimum Gasteiger partial charge on any atom is -0.508 e. The van der Waals surface area contributed by atoms with Gasteiger partial charge in [0.2, 0.25) is 0 Å². The first kappa shape index (κ1) is 19.4. The lowest BCUT2D eigenvalue weighted by molar-refractivity contribution is 0.115. The monoisotopic (exact) mass is 349 g/mol. The number of phenolic OH excluding ortho intramolecular Hbond substituents is 1. The summed E-state index contributed by atoms with van der Waals surface area (Å²) >= 11 is 0. The van der Waals surface area contributed by atoms with Crippen LogP contribution in [0.25, 0.3) is 0 Å². The number of hydrogen-bond acceptors (Lipinski definition) is 4. The molecule has 0 aliphatic heterocycles. The van der Waals surface area contributed by atoms with E-state index >= 15 is 0 Å². The van der Waals surface area contributed by atoms with Crippen molar-refractivity contribution in [1.29, 1.82) is 0 Å². The molecule has 0 spiro atoms. The van der Waals surface area contributed by atoms with Crippen molar-refractivity contribution in [1.82, 2.24) is 10.2 Å². The molecule has 6 nitrogen and oxygen atoms in total. The number of nitrogens with zero attached hydrogens (tertiary/aromatic N) is 2. The van der Waals surface area contributed by atoms with Gasteiger partial charge in [0.25, 0.3) is 0 Å². The quantitative estimate of drug-likeness (QED) is 0.385. The van der Waals surface area contributed by atoms with Crippen LogP contribution in [0.1, 0.15) is 25.3 Å². The van der Waals surface area contributed by atoms with Crippen molar-refractivity contribution in [3.05, 3.63) is 23.8 Å². The third-order valence-corrected chi connectivity index (χ3v) is 4.25. The van der Waals surface area contributed by atoms with E-state index in [2.05, 4.69) is 22.1 Å². The number of nitrogens with one attached hydrogen (secondary N) is 1. The summed E-state index contributed by atoms with van der Waals surface area (Å²) in [5, 5.41) is 13.3. The Bertz CT molecular complexity index is 559. The highest BCUT2D eigenvalue weighted by atomic mass is 16.5.